The summed E-state index contributed by atoms with van der Waals surface area (Å²) in [4.78, 5) is 52.4. The topological polar surface area (TPSA) is 120 Å². The quantitative estimate of drug-likeness (QED) is 0.503. The minimum atomic E-state index is -2.34. The number of carbonyl (C=O) groups excluding carboxylic acids is 4. The van der Waals surface area contributed by atoms with Crippen LogP contribution in [0.3, 0.4) is 0 Å². The number of allylic oxidation sites excluding steroid dienone is 4. The molecule has 4 aliphatic carbocycles. The van der Waals surface area contributed by atoms with Crippen LogP contribution in [0.1, 0.15) is 56.1 Å². The number of ketones is 1. The average Bonchev–Trinajstić information content (AvgIpc) is 3.64. The maximum absolute atomic E-state index is 17.6. The second kappa shape index (κ2) is 9.54. The van der Waals surface area contributed by atoms with Crippen molar-refractivity contribution in [1.82, 2.24) is 4.37 Å². The van der Waals surface area contributed by atoms with Gasteiger partial charge >= 0.3 is 11.9 Å². The second-order valence-corrected chi connectivity index (χ2v) is 14.4. The molecule has 8 nitrogen and oxygen atoms in total. The molecule has 1 aliphatic heterocycles. The Kier molecular flexibility index (Phi) is 6.67. The molecule has 3 saturated carbocycles. The highest BCUT2D eigenvalue weighted by molar-refractivity contribution is 8.14. The van der Waals surface area contributed by atoms with E-state index in [1.807, 2.05) is 0 Å². The van der Waals surface area contributed by atoms with E-state index < -0.39 is 80.2 Å². The summed E-state index contributed by atoms with van der Waals surface area (Å²) in [6, 6.07) is 1.47. The van der Waals surface area contributed by atoms with Crippen LogP contribution in [0.2, 0.25) is 0 Å². The summed E-state index contributed by atoms with van der Waals surface area (Å²) in [5.41, 5.74) is -7.07. The average molecular weight is 608 g/mol. The van der Waals surface area contributed by atoms with Crippen LogP contribution in [0, 0.1) is 28.6 Å². The van der Waals surface area contributed by atoms with E-state index >= 15 is 8.78 Å². The lowest BCUT2D eigenvalue weighted by Crippen LogP contribution is -2.70. The Hall–Kier alpha value is -2.44. The van der Waals surface area contributed by atoms with Crippen LogP contribution in [0.5, 0.6) is 0 Å². The summed E-state index contributed by atoms with van der Waals surface area (Å²) in [7, 11) is 0. The summed E-state index contributed by atoms with van der Waals surface area (Å²) in [6.07, 6.45) is 1.80. The third-order valence-corrected chi connectivity index (χ3v) is 12.5. The van der Waals surface area contributed by atoms with Crippen LogP contribution >= 0.6 is 23.3 Å². The van der Waals surface area contributed by atoms with E-state index in [0.717, 1.165) is 29.4 Å². The number of cyclic esters (lactones) is 1. The van der Waals surface area contributed by atoms with Gasteiger partial charge in [0.2, 0.25) is 5.12 Å². The van der Waals surface area contributed by atoms with E-state index in [4.69, 9.17) is 9.47 Å². The summed E-state index contributed by atoms with van der Waals surface area (Å²) < 4.78 is 48.6. The molecule has 4 fully saturated rings. The second-order valence-electron chi connectivity index (χ2n) is 12.3. The van der Waals surface area contributed by atoms with Crippen molar-refractivity contribution in [1.29, 1.82) is 0 Å². The van der Waals surface area contributed by atoms with Crippen LogP contribution in [-0.4, -0.2) is 67.7 Å². The molecule has 0 radical (unpaired) electrons. The van der Waals surface area contributed by atoms with Gasteiger partial charge in [-0.2, -0.15) is 0 Å². The Balaban J connectivity index is 1.46. The van der Waals surface area contributed by atoms with Gasteiger partial charge < -0.3 is 14.6 Å². The fourth-order valence-electron chi connectivity index (χ4n) is 8.54. The van der Waals surface area contributed by atoms with Crippen molar-refractivity contribution in [2.75, 3.05) is 6.61 Å². The zero-order chi connectivity index (χ0) is 29.5. The summed E-state index contributed by atoms with van der Waals surface area (Å²) in [5.74, 6) is -4.12. The molecule has 1 saturated heterocycles. The maximum Gasteiger partial charge on any atom is 0.351 e. The highest BCUT2D eigenvalue weighted by atomic mass is 32.2. The number of hydrogen-bond acceptors (Lipinski definition) is 10. The Morgan fingerprint density at radius 3 is 2.66 bits per heavy atom. The zero-order valence-corrected chi connectivity index (χ0v) is 24.4. The van der Waals surface area contributed by atoms with Crippen LogP contribution in [0.15, 0.2) is 36.1 Å². The Bertz CT molecular complexity index is 1380. The predicted octanol–water partition coefficient (Wildman–Crippen LogP) is 4.18. The van der Waals surface area contributed by atoms with Crippen molar-refractivity contribution in [3.8, 4) is 0 Å². The lowest BCUT2D eigenvalue weighted by molar-refractivity contribution is -0.221. The molecule has 12 heteroatoms. The minimum absolute atomic E-state index is 0.00622. The predicted molar refractivity (Wildman–Crippen MR) is 145 cm³/mol. The van der Waals surface area contributed by atoms with Gasteiger partial charge in [-0.15, -0.1) is 0 Å². The highest BCUT2D eigenvalue weighted by Crippen LogP contribution is 2.72. The van der Waals surface area contributed by atoms with E-state index in [0.29, 0.717) is 6.42 Å². The number of nitrogens with zero attached hydrogens (tertiary/aromatic N) is 1. The fourth-order valence-corrected chi connectivity index (χ4v) is 10.3. The number of ether oxygens (including phenoxy) is 2. The highest BCUT2D eigenvalue weighted by Gasteiger charge is 2.78. The molecule has 220 valence electrons. The van der Waals surface area contributed by atoms with Crippen LogP contribution in [0.25, 0.3) is 0 Å². The number of aliphatic hydroxyl groups is 1. The number of fused-ring (bicyclic) bond motifs is 5. The Labute approximate surface area is 244 Å². The van der Waals surface area contributed by atoms with Crippen molar-refractivity contribution in [2.45, 2.75) is 75.2 Å². The number of esters is 2. The van der Waals surface area contributed by atoms with Crippen LogP contribution in [-0.2, 0) is 23.9 Å². The van der Waals surface area contributed by atoms with Gasteiger partial charge in [0, 0.05) is 35.3 Å². The number of thioether (sulfide) groups is 1. The molecule has 0 bridgehead atoms. The minimum Gasteiger partial charge on any atom is -0.465 e. The number of halogens is 2. The Morgan fingerprint density at radius 2 is 2.00 bits per heavy atom. The number of alkyl halides is 2. The van der Waals surface area contributed by atoms with E-state index in [1.54, 1.807) is 13.8 Å². The van der Waals surface area contributed by atoms with E-state index in [1.165, 1.54) is 31.3 Å². The first kappa shape index (κ1) is 28.7. The van der Waals surface area contributed by atoms with E-state index in [-0.39, 0.29) is 36.3 Å². The lowest BCUT2D eigenvalue weighted by Gasteiger charge is -2.63. The van der Waals surface area contributed by atoms with Gasteiger partial charge in [-0.25, -0.2) is 17.9 Å². The molecular weight excluding hydrogens is 576 g/mol. The van der Waals surface area contributed by atoms with Gasteiger partial charge in [0.05, 0.1) is 12.7 Å². The molecule has 0 spiro atoms. The number of rotatable bonds is 4. The molecule has 10 atom stereocenters. The van der Waals surface area contributed by atoms with Crippen molar-refractivity contribution < 1.29 is 42.5 Å². The molecule has 2 heterocycles. The van der Waals surface area contributed by atoms with E-state index in [9.17, 15) is 24.3 Å². The first-order valence-electron chi connectivity index (χ1n) is 13.8. The molecule has 0 unspecified atom stereocenters. The summed E-state index contributed by atoms with van der Waals surface area (Å²) in [6.45, 7) is 5.12. The molecular formula is C29H31F2NO7S2. The van der Waals surface area contributed by atoms with Gasteiger partial charge in [0.25, 0.3) is 0 Å². The molecule has 6 rings (SSSR count). The molecule has 0 amide bonds. The normalized spacial score (nSPS) is 44.9. The van der Waals surface area contributed by atoms with Gasteiger partial charge in [-0.1, -0.05) is 31.7 Å². The molecule has 0 aromatic carbocycles. The monoisotopic (exact) mass is 607 g/mol. The van der Waals surface area contributed by atoms with Gasteiger partial charge in [0.1, 0.15) is 16.3 Å². The summed E-state index contributed by atoms with van der Waals surface area (Å²) >= 11 is 1.65. The third-order valence-electron chi connectivity index (χ3n) is 10.5. The maximum atomic E-state index is 17.6. The number of aromatic nitrogens is 1. The van der Waals surface area contributed by atoms with Crippen LogP contribution in [0.4, 0.5) is 8.78 Å². The first-order chi connectivity index (χ1) is 19.3. The zero-order valence-electron chi connectivity index (χ0n) is 22.8. The largest absolute Gasteiger partial charge is 0.465 e. The van der Waals surface area contributed by atoms with Gasteiger partial charge in [0.15, 0.2) is 17.1 Å². The van der Waals surface area contributed by atoms with Crippen molar-refractivity contribution in [3.63, 3.8) is 0 Å². The first-order valence-corrected chi connectivity index (χ1v) is 15.4. The van der Waals surface area contributed by atoms with Gasteiger partial charge in [-0.3, -0.25) is 14.4 Å². The smallest absolute Gasteiger partial charge is 0.351 e. The van der Waals surface area contributed by atoms with Crippen molar-refractivity contribution in [3.05, 3.63) is 40.9 Å². The lowest BCUT2D eigenvalue weighted by atomic mass is 9.44. The molecule has 5 aliphatic rings. The molecule has 1 N–H and O–H groups in total. The van der Waals surface area contributed by atoms with E-state index in [2.05, 4.69) is 4.37 Å². The fraction of sp³-hybridized carbons (Fsp3) is 0.621. The number of carbonyl (C=O) groups is 4. The number of aliphatic hydroxyl groups excluding tert-OH is 1. The SMILES string of the molecule is C[C@@H]1C[C@H]2[C@@H]3C[C@H](F)C4=CC(=O)C=C[C@]4(C)[C@@]3(F)[C@@H](O)C[C@]2(C)[C@@]1(OC(=O)c1ccns1)C(=O)S[C@H]1CCOC1=O. The molecule has 41 heavy (non-hydrogen) atoms. The molecule has 1 aromatic heterocycles. The van der Waals surface area contributed by atoms with Crippen LogP contribution < -0.4 is 0 Å². The van der Waals surface area contributed by atoms with Crippen molar-refractivity contribution in [2.24, 2.45) is 28.6 Å². The molecule has 1 aromatic rings. The van der Waals surface area contributed by atoms with Gasteiger partial charge in [-0.05, 0) is 67.4 Å². The van der Waals surface area contributed by atoms with Crippen molar-refractivity contribution >= 4 is 46.1 Å². The Morgan fingerprint density at radius 1 is 1.24 bits per heavy atom. The summed E-state index contributed by atoms with van der Waals surface area (Å²) in [5, 5.41) is 10.3. The standard InChI is InChI=1S/C29H31F2NO7S2/c1-14-10-16-17-12-19(30)18-11-15(33)4-7-26(18,2)28(17,31)22(34)13-27(16,3)29(14,39-24(36)21-5-8-32-41-21)25(37)40-20-6-9-38-23(20)35/h4-5,7-8,11,14,16-17,19-20,22,34H,6,9-10,12-13H2,1-3H3/t14-,16+,17+,19+,20+,22+,26+,27+,28+,29+/m1/s1. The third kappa shape index (κ3) is 3.75. The number of hydrogen-bond donors (Lipinski definition) is 1.